The van der Waals surface area contributed by atoms with Crippen LogP contribution in [0.5, 0.6) is 5.75 Å². The number of alkyl halides is 3. The maximum atomic E-state index is 14.8. The number of carbonyl (C=O) groups excluding carboxylic acids is 2. The molecule has 2 aromatic carbocycles. The molecule has 1 aliphatic rings. The lowest BCUT2D eigenvalue weighted by molar-refractivity contribution is -0.265. The molecule has 0 bridgehead atoms. The van der Waals surface area contributed by atoms with Crippen LogP contribution in [-0.4, -0.2) is 56.4 Å². The van der Waals surface area contributed by atoms with E-state index in [1.165, 1.54) is 43.6 Å². The van der Waals surface area contributed by atoms with E-state index in [0.717, 1.165) is 18.2 Å². The minimum Gasteiger partial charge on any atom is -0.489 e. The average Bonchev–Trinajstić information content (AvgIpc) is 3.41. The molecule has 0 saturated heterocycles. The summed E-state index contributed by atoms with van der Waals surface area (Å²) in [6.45, 7) is -0.281. The van der Waals surface area contributed by atoms with Crippen molar-refractivity contribution in [2.75, 3.05) is 18.5 Å². The van der Waals surface area contributed by atoms with Crippen molar-refractivity contribution in [1.29, 1.82) is 0 Å². The molecule has 0 fully saturated rings. The first-order valence-corrected chi connectivity index (χ1v) is 14.0. The Bertz CT molecular complexity index is 2010. The summed E-state index contributed by atoms with van der Waals surface area (Å²) in [5.74, 6) is -2.48. The van der Waals surface area contributed by atoms with Crippen LogP contribution in [0.2, 0.25) is 0 Å². The van der Waals surface area contributed by atoms with Crippen LogP contribution in [0.25, 0.3) is 22.2 Å². The van der Waals surface area contributed by atoms with Gasteiger partial charge in [0.15, 0.2) is 0 Å². The highest BCUT2D eigenvalue weighted by atomic mass is 19.4. The quantitative estimate of drug-likeness (QED) is 0.180. The average molecular weight is 648 g/mol. The Labute approximate surface area is 263 Å². The topological polar surface area (TPSA) is 165 Å². The first-order chi connectivity index (χ1) is 22.3. The van der Waals surface area contributed by atoms with Crippen LogP contribution >= 0.6 is 0 Å². The van der Waals surface area contributed by atoms with Gasteiger partial charge in [-0.2, -0.15) is 23.4 Å². The Morgan fingerprint density at radius 2 is 1.83 bits per heavy atom. The Hall–Kier alpha value is -5.70. The van der Waals surface area contributed by atoms with Gasteiger partial charge in [-0.05, 0) is 61.5 Å². The number of carbonyl (C=O) groups is 2. The van der Waals surface area contributed by atoms with E-state index in [9.17, 15) is 32.3 Å². The van der Waals surface area contributed by atoms with E-state index in [1.54, 1.807) is 24.4 Å². The first-order valence-electron chi connectivity index (χ1n) is 14.0. The highest BCUT2D eigenvalue weighted by Crippen LogP contribution is 2.47. The van der Waals surface area contributed by atoms with Gasteiger partial charge in [-0.15, -0.1) is 0 Å². The summed E-state index contributed by atoms with van der Waals surface area (Å²) in [7, 11) is 0. The predicted octanol–water partition coefficient (Wildman–Crippen LogP) is 4.28. The molecule has 5 N–H and O–H groups in total. The molecule has 15 heteroatoms. The largest absolute Gasteiger partial charge is 0.489 e. The molecule has 5 aromatic rings. The number of fused-ring (bicyclic) bond motifs is 2. The number of primary amides is 1. The number of anilines is 2. The first kappa shape index (κ1) is 31.3. The molecule has 2 atom stereocenters. The highest BCUT2D eigenvalue weighted by Gasteiger charge is 2.57. The third-order valence-electron chi connectivity index (χ3n) is 7.96. The van der Waals surface area contributed by atoms with Gasteiger partial charge in [0, 0.05) is 28.3 Å². The molecule has 3 aromatic heterocycles. The second-order valence-corrected chi connectivity index (χ2v) is 11.1. The molecule has 47 heavy (non-hydrogen) atoms. The number of nitrogens with one attached hydrogen (secondary N) is 2. The van der Waals surface area contributed by atoms with Gasteiger partial charge < -0.3 is 26.2 Å². The Morgan fingerprint density at radius 1 is 1.06 bits per heavy atom. The molecule has 0 saturated carbocycles. The fourth-order valence-corrected chi connectivity index (χ4v) is 5.19. The van der Waals surface area contributed by atoms with Crippen molar-refractivity contribution in [3.05, 3.63) is 102 Å². The van der Waals surface area contributed by atoms with E-state index in [2.05, 4.69) is 30.8 Å². The van der Waals surface area contributed by atoms with Crippen LogP contribution < -0.4 is 21.1 Å². The number of rotatable bonds is 8. The number of pyridine rings is 2. The van der Waals surface area contributed by atoms with Crippen LogP contribution in [0, 0.1) is 5.82 Å². The number of amides is 2. The molecule has 0 spiro atoms. The fraction of sp³-hybridized carbons (Fsp3) is 0.188. The Morgan fingerprint density at radius 3 is 2.51 bits per heavy atom. The van der Waals surface area contributed by atoms with E-state index in [-0.39, 0.29) is 34.7 Å². The number of benzene rings is 2. The number of ether oxygens (including phenoxy) is 1. The smallest absolute Gasteiger partial charge is 0.424 e. The maximum Gasteiger partial charge on any atom is 0.424 e. The lowest BCUT2D eigenvalue weighted by Gasteiger charge is -2.31. The lowest BCUT2D eigenvalue weighted by atomic mass is 9.81. The summed E-state index contributed by atoms with van der Waals surface area (Å²) in [5, 5.41) is 24.6. The maximum absolute atomic E-state index is 14.8. The number of nitrogens with two attached hydrogens (primary N) is 1. The van der Waals surface area contributed by atoms with Gasteiger partial charge in [0.2, 0.25) is 11.5 Å². The van der Waals surface area contributed by atoms with Crippen LogP contribution in [0.3, 0.4) is 0 Å². The van der Waals surface area contributed by atoms with E-state index >= 15 is 0 Å². The summed E-state index contributed by atoms with van der Waals surface area (Å²) >= 11 is 0. The third kappa shape index (κ3) is 5.65. The van der Waals surface area contributed by atoms with Crippen molar-refractivity contribution >= 4 is 34.1 Å². The van der Waals surface area contributed by atoms with Crippen LogP contribution in [-0.2, 0) is 15.8 Å². The van der Waals surface area contributed by atoms with Gasteiger partial charge in [-0.1, -0.05) is 6.07 Å². The number of aromatic nitrogens is 4. The molecule has 6 rings (SSSR count). The highest BCUT2D eigenvalue weighted by molar-refractivity contribution is 6.02. The van der Waals surface area contributed by atoms with Gasteiger partial charge in [0.1, 0.15) is 29.3 Å². The number of aliphatic hydroxyl groups is 1. The molecule has 2 amide bonds. The second-order valence-electron chi connectivity index (χ2n) is 11.1. The summed E-state index contributed by atoms with van der Waals surface area (Å²) in [6.07, 6.45) is -0.958. The number of nitrogens with zero attached hydrogens (tertiary/aromatic N) is 4. The molecule has 240 valence electrons. The summed E-state index contributed by atoms with van der Waals surface area (Å²) in [5.41, 5.74) is 0.589. The predicted molar refractivity (Wildman–Crippen MR) is 161 cm³/mol. The van der Waals surface area contributed by atoms with Crippen molar-refractivity contribution < 1.29 is 37.0 Å². The number of hydrogen-bond donors (Lipinski definition) is 4. The number of halogens is 4. The second kappa shape index (κ2) is 11.6. The minimum atomic E-state index is -5.38. The van der Waals surface area contributed by atoms with E-state index < -0.39 is 47.1 Å². The zero-order valence-electron chi connectivity index (χ0n) is 24.5. The molecular formula is C32H25F4N7O4. The standard InChI is InChI=1S/C32H25F4N7O4/c1-30(29(37)45)16-47-27-22(30)13-24(43-26(27)17-4-6-20(33)7-5-17)31(46,32(34,35)36)15-39-28(44)19-11-18-3-2-9-38-25(18)23(12-19)42-21-8-10-40-41-14-21/h2-14,46H,15-16H2,1H3,(H2,37,45)(H,39,44)(H,40,42)/t30-,31-/m0/s1. The summed E-state index contributed by atoms with van der Waals surface area (Å²) in [4.78, 5) is 34.3. The zero-order valence-corrected chi connectivity index (χ0v) is 24.5. The summed E-state index contributed by atoms with van der Waals surface area (Å²) < 4.78 is 63.8. The van der Waals surface area contributed by atoms with Crippen molar-refractivity contribution in [2.45, 2.75) is 24.1 Å². The van der Waals surface area contributed by atoms with Gasteiger partial charge in [0.05, 0.1) is 41.5 Å². The Balaban J connectivity index is 1.40. The van der Waals surface area contributed by atoms with Crippen LogP contribution in [0.1, 0.15) is 28.5 Å². The molecule has 0 radical (unpaired) electrons. The minimum absolute atomic E-state index is 0.0376. The van der Waals surface area contributed by atoms with Crippen molar-refractivity contribution in [3.63, 3.8) is 0 Å². The van der Waals surface area contributed by atoms with Gasteiger partial charge >= 0.3 is 6.18 Å². The molecular weight excluding hydrogens is 622 g/mol. The normalized spacial score (nSPS) is 17.0. The molecule has 1 aliphatic heterocycles. The van der Waals surface area contributed by atoms with E-state index in [0.29, 0.717) is 22.3 Å². The molecule has 4 heterocycles. The van der Waals surface area contributed by atoms with Gasteiger partial charge in [-0.3, -0.25) is 14.6 Å². The molecule has 11 nitrogen and oxygen atoms in total. The van der Waals surface area contributed by atoms with Gasteiger partial charge in [-0.25, -0.2) is 9.37 Å². The molecule has 0 unspecified atom stereocenters. The van der Waals surface area contributed by atoms with Gasteiger partial charge in [0.25, 0.3) is 5.91 Å². The zero-order chi connectivity index (χ0) is 33.6. The van der Waals surface area contributed by atoms with Crippen molar-refractivity contribution in [2.24, 2.45) is 5.73 Å². The van der Waals surface area contributed by atoms with Crippen molar-refractivity contribution in [1.82, 2.24) is 25.5 Å². The third-order valence-corrected chi connectivity index (χ3v) is 7.96. The fourth-order valence-electron chi connectivity index (χ4n) is 5.19. The number of hydrogen-bond acceptors (Lipinski definition) is 9. The van der Waals surface area contributed by atoms with E-state index in [1.807, 2.05) is 0 Å². The SMILES string of the molecule is C[C@]1(C(N)=O)COc2c1cc([C@@](O)(CNC(=O)c1cc(Nc3ccnnc3)c3ncccc3c1)C(F)(F)F)nc2-c1ccc(F)cc1. The Kier molecular flexibility index (Phi) is 7.71. The van der Waals surface area contributed by atoms with Crippen LogP contribution in [0.15, 0.2) is 79.3 Å². The molecule has 0 aliphatic carbocycles. The summed E-state index contributed by atoms with van der Waals surface area (Å²) in [6, 6.07) is 13.3. The monoisotopic (exact) mass is 647 g/mol. The van der Waals surface area contributed by atoms with Crippen LogP contribution in [0.4, 0.5) is 28.9 Å². The van der Waals surface area contributed by atoms with E-state index in [4.69, 9.17) is 10.5 Å². The lowest BCUT2D eigenvalue weighted by Crippen LogP contribution is -2.51. The van der Waals surface area contributed by atoms with Crippen molar-refractivity contribution in [3.8, 4) is 17.0 Å².